The molecular weight excluding hydrogens is 476 g/mol. The summed E-state index contributed by atoms with van der Waals surface area (Å²) < 4.78 is 32.9. The molecule has 1 amide bonds. The first-order valence-corrected chi connectivity index (χ1v) is 12.6. The Morgan fingerprint density at radius 1 is 0.889 bits per heavy atom. The van der Waals surface area contributed by atoms with Gasteiger partial charge in [-0.1, -0.05) is 53.7 Å². The molecule has 0 atom stereocenters. The van der Waals surface area contributed by atoms with Crippen LogP contribution in [0.25, 0.3) is 22.2 Å². The molecule has 0 fully saturated rings. The standard InChI is InChI=1S/C27H22N4O4S/c1-17-18(2)30-35-27(17)31-36(33,34)21-14-12-20(13-15-21)28-26(32)23-16-25(19-8-4-3-5-9-19)29-24-11-7-6-10-22(23)24/h3-16,31H,1-2H3,(H,28,32). The predicted octanol–water partition coefficient (Wildman–Crippen LogP) is 5.56. The number of aromatic nitrogens is 2. The van der Waals surface area contributed by atoms with Gasteiger partial charge in [0, 0.05) is 22.2 Å². The fraction of sp³-hybridized carbons (Fsp3) is 0.0741. The Morgan fingerprint density at radius 3 is 2.28 bits per heavy atom. The second kappa shape index (κ2) is 9.27. The van der Waals surface area contributed by atoms with E-state index in [1.54, 1.807) is 19.9 Å². The molecule has 0 bridgehead atoms. The highest BCUT2D eigenvalue weighted by atomic mass is 32.2. The monoisotopic (exact) mass is 498 g/mol. The maximum Gasteiger partial charge on any atom is 0.264 e. The quantitative estimate of drug-likeness (QED) is 0.317. The number of amides is 1. The van der Waals surface area contributed by atoms with Crippen molar-refractivity contribution in [3.63, 3.8) is 0 Å². The molecule has 0 radical (unpaired) electrons. The molecule has 9 heteroatoms. The van der Waals surface area contributed by atoms with Crippen LogP contribution in [0.1, 0.15) is 21.6 Å². The summed E-state index contributed by atoms with van der Waals surface area (Å²) in [6.45, 7) is 3.44. The Kier molecular flexibility index (Phi) is 5.99. The van der Waals surface area contributed by atoms with Crippen LogP contribution in [0.5, 0.6) is 0 Å². The number of para-hydroxylation sites is 1. The molecule has 0 aliphatic rings. The molecule has 36 heavy (non-hydrogen) atoms. The van der Waals surface area contributed by atoms with Gasteiger partial charge in [-0.2, -0.15) is 0 Å². The lowest BCUT2D eigenvalue weighted by Crippen LogP contribution is -2.15. The summed E-state index contributed by atoms with van der Waals surface area (Å²) in [5.41, 5.74) is 4.42. The normalized spacial score (nSPS) is 11.4. The van der Waals surface area contributed by atoms with Crippen LogP contribution >= 0.6 is 0 Å². The first-order valence-electron chi connectivity index (χ1n) is 11.1. The lowest BCUT2D eigenvalue weighted by molar-refractivity contribution is 0.102. The van der Waals surface area contributed by atoms with E-state index in [-0.39, 0.29) is 16.7 Å². The minimum absolute atomic E-state index is 0.0228. The van der Waals surface area contributed by atoms with Crippen molar-refractivity contribution < 1.29 is 17.7 Å². The minimum atomic E-state index is -3.89. The molecule has 0 saturated carbocycles. The molecule has 0 aliphatic heterocycles. The Hall–Kier alpha value is -4.50. The first-order chi connectivity index (χ1) is 17.3. The molecule has 0 spiro atoms. The molecule has 0 saturated heterocycles. The van der Waals surface area contributed by atoms with Crippen LogP contribution in [-0.2, 0) is 10.0 Å². The lowest BCUT2D eigenvalue weighted by atomic mass is 10.0. The number of carbonyl (C=O) groups is 1. The SMILES string of the molecule is Cc1noc(NS(=O)(=O)c2ccc(NC(=O)c3cc(-c4ccccc4)nc4ccccc34)cc2)c1C. The van der Waals surface area contributed by atoms with Crippen LogP contribution in [0.3, 0.4) is 0 Å². The summed E-state index contributed by atoms with van der Waals surface area (Å²) in [6.07, 6.45) is 0. The highest BCUT2D eigenvalue weighted by molar-refractivity contribution is 7.92. The van der Waals surface area contributed by atoms with Gasteiger partial charge in [-0.3, -0.25) is 4.79 Å². The van der Waals surface area contributed by atoms with Gasteiger partial charge in [0.1, 0.15) is 0 Å². The minimum Gasteiger partial charge on any atom is -0.337 e. The highest BCUT2D eigenvalue weighted by Crippen LogP contribution is 2.26. The van der Waals surface area contributed by atoms with Crippen molar-refractivity contribution in [3.05, 3.63) is 102 Å². The topological polar surface area (TPSA) is 114 Å². The van der Waals surface area contributed by atoms with E-state index >= 15 is 0 Å². The Bertz CT molecular complexity index is 1680. The number of nitrogens with one attached hydrogen (secondary N) is 2. The van der Waals surface area contributed by atoms with E-state index in [1.807, 2.05) is 54.6 Å². The molecule has 2 heterocycles. The molecule has 0 unspecified atom stereocenters. The van der Waals surface area contributed by atoms with E-state index in [9.17, 15) is 13.2 Å². The average Bonchev–Trinajstić information content (AvgIpc) is 3.20. The summed E-state index contributed by atoms with van der Waals surface area (Å²) in [6, 6.07) is 24.7. The number of nitrogens with zero attached hydrogens (tertiary/aromatic N) is 2. The van der Waals surface area contributed by atoms with E-state index in [4.69, 9.17) is 9.51 Å². The smallest absolute Gasteiger partial charge is 0.264 e. The van der Waals surface area contributed by atoms with Gasteiger partial charge in [0.05, 0.1) is 27.4 Å². The number of aryl methyl sites for hydroxylation is 1. The summed E-state index contributed by atoms with van der Waals surface area (Å²) >= 11 is 0. The van der Waals surface area contributed by atoms with Gasteiger partial charge in [0.15, 0.2) is 0 Å². The third-order valence-electron chi connectivity index (χ3n) is 5.84. The zero-order chi connectivity index (χ0) is 25.3. The first kappa shape index (κ1) is 23.3. The number of fused-ring (bicyclic) bond motifs is 1. The number of rotatable bonds is 6. The Morgan fingerprint density at radius 2 is 1.58 bits per heavy atom. The zero-order valence-electron chi connectivity index (χ0n) is 19.5. The third kappa shape index (κ3) is 4.56. The maximum absolute atomic E-state index is 13.3. The molecule has 2 N–H and O–H groups in total. The lowest BCUT2D eigenvalue weighted by Gasteiger charge is -2.11. The van der Waals surface area contributed by atoms with Crippen molar-refractivity contribution in [2.24, 2.45) is 0 Å². The molecule has 0 aliphatic carbocycles. The number of anilines is 2. The number of pyridine rings is 1. The molecule has 5 aromatic rings. The fourth-order valence-electron chi connectivity index (χ4n) is 3.73. The Balaban J connectivity index is 1.41. The van der Waals surface area contributed by atoms with Crippen molar-refractivity contribution in [3.8, 4) is 11.3 Å². The second-order valence-electron chi connectivity index (χ2n) is 8.24. The molecule has 180 valence electrons. The maximum atomic E-state index is 13.3. The molecular formula is C27H22N4O4S. The second-order valence-corrected chi connectivity index (χ2v) is 9.93. The summed E-state index contributed by atoms with van der Waals surface area (Å²) in [5, 5.41) is 7.34. The van der Waals surface area contributed by atoms with Crippen molar-refractivity contribution in [1.82, 2.24) is 10.1 Å². The van der Waals surface area contributed by atoms with E-state index in [0.717, 1.165) is 10.9 Å². The van der Waals surface area contributed by atoms with Gasteiger partial charge in [-0.25, -0.2) is 18.1 Å². The number of sulfonamides is 1. The van der Waals surface area contributed by atoms with Crippen LogP contribution in [0.15, 0.2) is 94.3 Å². The van der Waals surface area contributed by atoms with Crippen LogP contribution in [0.4, 0.5) is 11.6 Å². The largest absolute Gasteiger partial charge is 0.337 e. The van der Waals surface area contributed by atoms with E-state index < -0.39 is 10.0 Å². The van der Waals surface area contributed by atoms with Gasteiger partial charge in [-0.05, 0) is 50.2 Å². The number of carbonyl (C=O) groups excluding carboxylic acids is 1. The van der Waals surface area contributed by atoms with E-state index in [2.05, 4.69) is 15.2 Å². The number of benzene rings is 3. The molecule has 2 aromatic heterocycles. The van der Waals surface area contributed by atoms with Gasteiger partial charge in [-0.15, -0.1) is 0 Å². The predicted molar refractivity (Wildman–Crippen MR) is 138 cm³/mol. The average molecular weight is 499 g/mol. The van der Waals surface area contributed by atoms with Crippen LogP contribution in [0, 0.1) is 13.8 Å². The third-order valence-corrected chi connectivity index (χ3v) is 7.18. The highest BCUT2D eigenvalue weighted by Gasteiger charge is 2.20. The van der Waals surface area contributed by atoms with Gasteiger partial charge >= 0.3 is 0 Å². The summed E-state index contributed by atoms with van der Waals surface area (Å²) in [4.78, 5) is 18.0. The van der Waals surface area contributed by atoms with Crippen LogP contribution in [0.2, 0.25) is 0 Å². The van der Waals surface area contributed by atoms with Crippen molar-refractivity contribution >= 4 is 38.4 Å². The van der Waals surface area contributed by atoms with Crippen molar-refractivity contribution in [2.45, 2.75) is 18.7 Å². The fourth-order valence-corrected chi connectivity index (χ4v) is 4.77. The van der Waals surface area contributed by atoms with Crippen molar-refractivity contribution in [2.75, 3.05) is 10.0 Å². The molecule has 3 aromatic carbocycles. The zero-order valence-corrected chi connectivity index (χ0v) is 20.3. The van der Waals surface area contributed by atoms with Crippen molar-refractivity contribution in [1.29, 1.82) is 0 Å². The van der Waals surface area contributed by atoms with Gasteiger partial charge < -0.3 is 9.84 Å². The number of hydrogen-bond acceptors (Lipinski definition) is 6. The van der Waals surface area contributed by atoms with Crippen LogP contribution in [-0.4, -0.2) is 24.5 Å². The number of hydrogen-bond donors (Lipinski definition) is 2. The summed E-state index contributed by atoms with van der Waals surface area (Å²) in [5.74, 6) is -0.254. The van der Waals surface area contributed by atoms with Crippen LogP contribution < -0.4 is 10.0 Å². The molecule has 8 nitrogen and oxygen atoms in total. The Labute approximate surface area is 208 Å². The molecule has 5 rings (SSSR count). The van der Waals surface area contributed by atoms with E-state index in [1.165, 1.54) is 24.3 Å². The van der Waals surface area contributed by atoms with E-state index in [0.29, 0.717) is 33.7 Å². The van der Waals surface area contributed by atoms with Gasteiger partial charge in [0.25, 0.3) is 15.9 Å². The summed E-state index contributed by atoms with van der Waals surface area (Å²) in [7, 11) is -3.89. The van der Waals surface area contributed by atoms with Gasteiger partial charge in [0.2, 0.25) is 5.88 Å².